The number of aliphatic hydroxyl groups is 1. The molecule has 0 aromatic rings. The van der Waals surface area contributed by atoms with Crippen LogP contribution in [0.2, 0.25) is 0 Å². The van der Waals surface area contributed by atoms with E-state index in [-0.39, 0.29) is 24.9 Å². The van der Waals surface area contributed by atoms with Crippen molar-refractivity contribution in [2.24, 2.45) is 0 Å². The van der Waals surface area contributed by atoms with Gasteiger partial charge in [-0.05, 0) is 6.42 Å². The van der Waals surface area contributed by atoms with E-state index in [1.54, 1.807) is 14.2 Å². The fourth-order valence-corrected chi connectivity index (χ4v) is 4.36. The van der Waals surface area contributed by atoms with Gasteiger partial charge in [0.15, 0.2) is 6.29 Å². The maximum atomic E-state index is 9.40. The van der Waals surface area contributed by atoms with E-state index in [1.165, 1.54) is 96.3 Å². The molecule has 0 bridgehead atoms. The summed E-state index contributed by atoms with van der Waals surface area (Å²) in [5, 5.41) is 9.40. The van der Waals surface area contributed by atoms with Gasteiger partial charge in [-0.3, -0.25) is 0 Å². The van der Waals surface area contributed by atoms with Gasteiger partial charge in [0, 0.05) is 20.8 Å². The largest absolute Gasteiger partial charge is 0.394 e. The molecule has 1 saturated heterocycles. The van der Waals surface area contributed by atoms with Crippen LogP contribution < -0.4 is 0 Å². The third kappa shape index (κ3) is 12.0. The summed E-state index contributed by atoms with van der Waals surface area (Å²) in [6, 6.07) is 0. The number of ether oxygens (including phenoxy) is 4. The van der Waals surface area contributed by atoms with Crippen LogP contribution in [0.4, 0.5) is 0 Å². The highest BCUT2D eigenvalue weighted by atomic mass is 16.7. The number of aliphatic hydroxyl groups excluding tert-OH is 1. The number of unbranched alkanes of at least 4 members (excludes halogenated alkanes) is 15. The van der Waals surface area contributed by atoms with Crippen molar-refractivity contribution in [2.75, 3.05) is 27.4 Å². The lowest BCUT2D eigenvalue weighted by Gasteiger charge is -2.22. The summed E-state index contributed by atoms with van der Waals surface area (Å²) in [5.74, 6) is 0. The molecule has 1 N–H and O–H groups in total. The van der Waals surface area contributed by atoms with E-state index >= 15 is 0 Å². The van der Waals surface area contributed by atoms with E-state index < -0.39 is 6.29 Å². The Kier molecular flexibility index (Phi) is 18.1. The van der Waals surface area contributed by atoms with Gasteiger partial charge in [-0.25, -0.2) is 0 Å². The molecular formula is C25H50O5. The SMILES string of the molecule is CCCCCCCCCCCCCCCCCCO[C@H]1C(OC)O[C@H](CO)[C@@H]1OC. The predicted molar refractivity (Wildman–Crippen MR) is 123 cm³/mol. The second-order valence-corrected chi connectivity index (χ2v) is 8.80. The molecule has 0 aromatic heterocycles. The number of rotatable bonds is 21. The van der Waals surface area contributed by atoms with Crippen LogP contribution in [-0.2, 0) is 18.9 Å². The monoisotopic (exact) mass is 430 g/mol. The molecule has 0 aliphatic carbocycles. The molecule has 0 amide bonds. The zero-order chi connectivity index (χ0) is 21.9. The van der Waals surface area contributed by atoms with Gasteiger partial charge >= 0.3 is 0 Å². The van der Waals surface area contributed by atoms with Crippen LogP contribution in [0, 0.1) is 0 Å². The van der Waals surface area contributed by atoms with E-state index in [4.69, 9.17) is 18.9 Å². The molecule has 1 rings (SSSR count). The van der Waals surface area contributed by atoms with Gasteiger partial charge in [0.2, 0.25) is 0 Å². The molecule has 1 heterocycles. The number of hydrogen-bond acceptors (Lipinski definition) is 5. The molecule has 1 unspecified atom stereocenters. The zero-order valence-corrected chi connectivity index (χ0v) is 20.1. The highest BCUT2D eigenvalue weighted by Gasteiger charge is 2.45. The molecule has 5 nitrogen and oxygen atoms in total. The first-order chi connectivity index (χ1) is 14.8. The summed E-state index contributed by atoms with van der Waals surface area (Å²) in [6.45, 7) is 2.88. The van der Waals surface area contributed by atoms with Crippen molar-refractivity contribution < 1.29 is 24.1 Å². The predicted octanol–water partition coefficient (Wildman–Crippen LogP) is 6.01. The van der Waals surface area contributed by atoms with Gasteiger partial charge in [0.1, 0.15) is 18.3 Å². The van der Waals surface area contributed by atoms with Crippen LogP contribution in [0.1, 0.15) is 110 Å². The van der Waals surface area contributed by atoms with E-state index in [9.17, 15) is 5.11 Å². The molecule has 0 saturated carbocycles. The molecule has 5 heteroatoms. The molecule has 1 aliphatic rings. The Labute approximate surface area is 186 Å². The van der Waals surface area contributed by atoms with Gasteiger partial charge < -0.3 is 24.1 Å². The van der Waals surface area contributed by atoms with Gasteiger partial charge in [-0.1, -0.05) is 103 Å². The summed E-state index contributed by atoms with van der Waals surface area (Å²) in [4.78, 5) is 0. The Morgan fingerprint density at radius 3 is 1.50 bits per heavy atom. The molecule has 4 atom stereocenters. The summed E-state index contributed by atoms with van der Waals surface area (Å²) in [7, 11) is 3.22. The van der Waals surface area contributed by atoms with Crippen molar-refractivity contribution in [3.8, 4) is 0 Å². The first-order valence-corrected chi connectivity index (χ1v) is 12.7. The average molecular weight is 431 g/mol. The lowest BCUT2D eigenvalue weighted by atomic mass is 10.0. The van der Waals surface area contributed by atoms with E-state index in [2.05, 4.69) is 6.92 Å². The average Bonchev–Trinajstić information content (AvgIpc) is 3.12. The molecule has 1 aliphatic heterocycles. The summed E-state index contributed by atoms with van der Waals surface area (Å²) in [5.41, 5.74) is 0. The fraction of sp³-hybridized carbons (Fsp3) is 1.00. The van der Waals surface area contributed by atoms with E-state index in [0.29, 0.717) is 6.61 Å². The Hall–Kier alpha value is -0.200. The van der Waals surface area contributed by atoms with E-state index in [0.717, 1.165) is 6.42 Å². The van der Waals surface area contributed by atoms with Gasteiger partial charge in [0.25, 0.3) is 0 Å². The highest BCUT2D eigenvalue weighted by Crippen LogP contribution is 2.27. The summed E-state index contributed by atoms with van der Waals surface area (Å²) >= 11 is 0. The third-order valence-corrected chi connectivity index (χ3v) is 6.26. The van der Waals surface area contributed by atoms with Crippen molar-refractivity contribution in [1.82, 2.24) is 0 Å². The fourth-order valence-electron chi connectivity index (χ4n) is 4.36. The van der Waals surface area contributed by atoms with Crippen LogP contribution in [-0.4, -0.2) is 57.1 Å². The maximum Gasteiger partial charge on any atom is 0.186 e. The lowest BCUT2D eigenvalue weighted by Crippen LogP contribution is -2.38. The van der Waals surface area contributed by atoms with Crippen LogP contribution in [0.25, 0.3) is 0 Å². The second-order valence-electron chi connectivity index (χ2n) is 8.80. The smallest absolute Gasteiger partial charge is 0.186 e. The Morgan fingerprint density at radius 1 is 0.633 bits per heavy atom. The van der Waals surface area contributed by atoms with Crippen LogP contribution in [0.15, 0.2) is 0 Å². The summed E-state index contributed by atoms with van der Waals surface area (Å²) in [6.07, 6.45) is 20.4. The van der Waals surface area contributed by atoms with Crippen molar-refractivity contribution >= 4 is 0 Å². The first kappa shape index (κ1) is 27.8. The molecule has 180 valence electrons. The Bertz CT molecular complexity index is 365. The normalized spacial score (nSPS) is 24.0. The highest BCUT2D eigenvalue weighted by molar-refractivity contribution is 4.88. The lowest BCUT2D eigenvalue weighted by molar-refractivity contribution is -0.166. The first-order valence-electron chi connectivity index (χ1n) is 12.7. The zero-order valence-electron chi connectivity index (χ0n) is 20.1. The topological polar surface area (TPSA) is 57.2 Å². The Morgan fingerprint density at radius 2 is 1.10 bits per heavy atom. The number of methoxy groups -OCH3 is 2. The molecule has 1 fully saturated rings. The summed E-state index contributed by atoms with van der Waals surface area (Å²) < 4.78 is 22.4. The van der Waals surface area contributed by atoms with Crippen molar-refractivity contribution in [3.05, 3.63) is 0 Å². The third-order valence-electron chi connectivity index (χ3n) is 6.26. The minimum Gasteiger partial charge on any atom is -0.394 e. The molecule has 0 radical (unpaired) electrons. The van der Waals surface area contributed by atoms with Gasteiger partial charge in [-0.15, -0.1) is 0 Å². The maximum absolute atomic E-state index is 9.40. The standard InChI is InChI=1S/C25H50O5/c1-4-5-6-7-8-9-10-11-12-13-14-15-16-17-18-19-20-29-24-23(27-2)22(21-26)30-25(24)28-3/h22-26H,4-21H2,1-3H3/t22-,23+,24-,25?/m1/s1. The number of hydrogen-bond donors (Lipinski definition) is 1. The van der Waals surface area contributed by atoms with Crippen LogP contribution in [0.3, 0.4) is 0 Å². The molecular weight excluding hydrogens is 380 g/mol. The van der Waals surface area contributed by atoms with Crippen molar-refractivity contribution in [3.63, 3.8) is 0 Å². The Balaban J connectivity index is 1.87. The molecule has 30 heavy (non-hydrogen) atoms. The van der Waals surface area contributed by atoms with E-state index in [1.807, 2.05) is 0 Å². The van der Waals surface area contributed by atoms with Gasteiger partial charge in [-0.2, -0.15) is 0 Å². The van der Waals surface area contributed by atoms with Crippen molar-refractivity contribution in [1.29, 1.82) is 0 Å². The van der Waals surface area contributed by atoms with Crippen molar-refractivity contribution in [2.45, 2.75) is 134 Å². The second kappa shape index (κ2) is 19.5. The molecule has 0 spiro atoms. The molecule has 0 aromatic carbocycles. The van der Waals surface area contributed by atoms with Gasteiger partial charge in [0.05, 0.1) is 6.61 Å². The minimum absolute atomic E-state index is 0.0860. The van der Waals surface area contributed by atoms with Crippen LogP contribution in [0.5, 0.6) is 0 Å². The minimum atomic E-state index is -0.465. The van der Waals surface area contributed by atoms with Crippen LogP contribution >= 0.6 is 0 Å². The quantitative estimate of drug-likeness (QED) is 0.226.